The fourth-order valence-corrected chi connectivity index (χ4v) is 4.65. The zero-order chi connectivity index (χ0) is 20.2. The molecule has 6 nitrogen and oxygen atoms in total. The molecule has 152 valence electrons. The lowest BCUT2D eigenvalue weighted by Crippen LogP contribution is -2.46. The van der Waals surface area contributed by atoms with Gasteiger partial charge in [0.05, 0.1) is 11.4 Å². The second-order valence-electron chi connectivity index (χ2n) is 8.56. The average molecular weight is 396 g/mol. The van der Waals surface area contributed by atoms with E-state index in [1.807, 2.05) is 37.8 Å². The van der Waals surface area contributed by atoms with Crippen molar-refractivity contribution in [3.8, 4) is 0 Å². The van der Waals surface area contributed by atoms with Crippen LogP contribution in [0.3, 0.4) is 0 Å². The highest BCUT2D eigenvalue weighted by Crippen LogP contribution is 2.21. The number of nitrogens with zero attached hydrogens (tertiary/aromatic N) is 2. The van der Waals surface area contributed by atoms with E-state index >= 15 is 0 Å². The fourth-order valence-electron chi connectivity index (χ4n) is 3.18. The number of rotatable bonds is 5. The number of carbonyl (C=O) groups excluding carboxylic acids is 1. The molecule has 1 N–H and O–H groups in total. The Kier molecular flexibility index (Phi) is 7.05. The summed E-state index contributed by atoms with van der Waals surface area (Å²) in [5, 5.41) is 2.96. The van der Waals surface area contributed by atoms with E-state index in [0.717, 1.165) is 12.1 Å². The zero-order valence-corrected chi connectivity index (χ0v) is 18.0. The van der Waals surface area contributed by atoms with Gasteiger partial charge in [0.25, 0.3) is 0 Å². The molecular formula is C20H33N3O3S. The van der Waals surface area contributed by atoms with Crippen molar-refractivity contribution < 1.29 is 13.2 Å². The van der Waals surface area contributed by atoms with Gasteiger partial charge in [0.2, 0.25) is 15.9 Å². The molecule has 0 radical (unpaired) electrons. The maximum atomic E-state index is 13.0. The fraction of sp³-hybridized carbons (Fsp3) is 0.650. The summed E-state index contributed by atoms with van der Waals surface area (Å²) < 4.78 is 27.5. The van der Waals surface area contributed by atoms with Gasteiger partial charge in [-0.25, -0.2) is 8.42 Å². The molecule has 0 aromatic heterocycles. The number of carbonyl (C=O) groups is 1. The van der Waals surface area contributed by atoms with E-state index < -0.39 is 10.0 Å². The molecule has 0 bridgehead atoms. The van der Waals surface area contributed by atoms with Gasteiger partial charge in [-0.3, -0.25) is 9.69 Å². The van der Waals surface area contributed by atoms with Gasteiger partial charge in [-0.15, -0.1) is 0 Å². The van der Waals surface area contributed by atoms with Gasteiger partial charge in [-0.1, -0.05) is 26.0 Å². The first-order valence-electron chi connectivity index (χ1n) is 9.62. The van der Waals surface area contributed by atoms with Crippen molar-refractivity contribution in [1.29, 1.82) is 0 Å². The third-order valence-corrected chi connectivity index (χ3v) is 6.53. The summed E-state index contributed by atoms with van der Waals surface area (Å²) in [7, 11) is -3.50. The van der Waals surface area contributed by atoms with Crippen LogP contribution in [-0.2, 0) is 14.8 Å². The summed E-state index contributed by atoms with van der Waals surface area (Å²) in [6.45, 7) is 12.5. The molecule has 2 rings (SSSR count). The predicted octanol–water partition coefficient (Wildman–Crippen LogP) is 2.42. The first-order valence-corrected chi connectivity index (χ1v) is 11.1. The first kappa shape index (κ1) is 21.9. The lowest BCUT2D eigenvalue weighted by molar-refractivity contribution is -0.123. The van der Waals surface area contributed by atoms with E-state index in [1.165, 1.54) is 0 Å². The van der Waals surface area contributed by atoms with Crippen LogP contribution in [0.15, 0.2) is 29.2 Å². The van der Waals surface area contributed by atoms with E-state index in [-0.39, 0.29) is 11.4 Å². The van der Waals surface area contributed by atoms with Gasteiger partial charge in [-0.05, 0) is 57.4 Å². The summed E-state index contributed by atoms with van der Waals surface area (Å²) >= 11 is 0. The van der Waals surface area contributed by atoms with Crippen molar-refractivity contribution in [2.24, 2.45) is 0 Å². The monoisotopic (exact) mass is 395 g/mol. The highest BCUT2D eigenvalue weighted by Gasteiger charge is 2.27. The minimum absolute atomic E-state index is 0.0249. The lowest BCUT2D eigenvalue weighted by atomic mass is 10.0. The molecule has 0 atom stereocenters. The lowest BCUT2D eigenvalue weighted by Gasteiger charge is -2.25. The summed E-state index contributed by atoms with van der Waals surface area (Å²) in [5.74, 6) is 0.343. The molecule has 1 fully saturated rings. The van der Waals surface area contributed by atoms with Crippen molar-refractivity contribution in [2.45, 2.75) is 57.4 Å². The standard InChI is InChI=1S/C20H33N3O3S/c1-16(2)17-7-9-18(10-8-17)27(25,26)23-12-6-11-22(13-14-23)15-19(24)21-20(3,4)5/h7-10,16H,6,11-15H2,1-5H3,(H,21,24). The zero-order valence-electron chi connectivity index (χ0n) is 17.2. The molecule has 0 aliphatic carbocycles. The molecule has 0 spiro atoms. The quantitative estimate of drug-likeness (QED) is 0.831. The summed E-state index contributed by atoms with van der Waals surface area (Å²) in [5.41, 5.74) is 0.862. The van der Waals surface area contributed by atoms with Crippen molar-refractivity contribution >= 4 is 15.9 Å². The topological polar surface area (TPSA) is 69.7 Å². The molecule has 1 heterocycles. The molecule has 1 aromatic carbocycles. The van der Waals surface area contributed by atoms with Crippen molar-refractivity contribution in [1.82, 2.24) is 14.5 Å². The number of benzene rings is 1. The third-order valence-electron chi connectivity index (χ3n) is 4.61. The Morgan fingerprint density at radius 2 is 1.70 bits per heavy atom. The molecule has 0 saturated carbocycles. The van der Waals surface area contributed by atoms with Gasteiger partial charge in [0.15, 0.2) is 0 Å². The Morgan fingerprint density at radius 3 is 2.26 bits per heavy atom. The first-order chi connectivity index (χ1) is 12.5. The Bertz CT molecular complexity index is 737. The highest BCUT2D eigenvalue weighted by molar-refractivity contribution is 7.89. The smallest absolute Gasteiger partial charge is 0.243 e. The number of amides is 1. The van der Waals surface area contributed by atoms with Gasteiger partial charge in [0, 0.05) is 25.2 Å². The minimum atomic E-state index is -3.50. The number of nitrogens with one attached hydrogen (secondary N) is 1. The van der Waals surface area contributed by atoms with Crippen LogP contribution in [0.4, 0.5) is 0 Å². The molecule has 1 aliphatic rings. The normalized spacial score (nSPS) is 17.7. The van der Waals surface area contributed by atoms with E-state index in [1.54, 1.807) is 16.4 Å². The maximum absolute atomic E-state index is 13.0. The predicted molar refractivity (Wildman–Crippen MR) is 108 cm³/mol. The summed E-state index contributed by atoms with van der Waals surface area (Å²) in [6, 6.07) is 7.17. The van der Waals surface area contributed by atoms with Gasteiger partial charge < -0.3 is 5.32 Å². The SMILES string of the molecule is CC(C)c1ccc(S(=O)(=O)N2CCCN(CC(=O)NC(C)(C)C)CC2)cc1. The number of sulfonamides is 1. The van der Waals surface area contributed by atoms with Crippen LogP contribution < -0.4 is 5.32 Å². The second kappa shape index (κ2) is 8.71. The Balaban J connectivity index is 2.01. The van der Waals surface area contributed by atoms with Crippen LogP contribution in [0, 0.1) is 0 Å². The van der Waals surface area contributed by atoms with E-state index in [2.05, 4.69) is 19.2 Å². The Labute approximate surface area is 164 Å². The molecule has 1 aromatic rings. The molecular weight excluding hydrogens is 362 g/mol. The Hall–Kier alpha value is -1.44. The minimum Gasteiger partial charge on any atom is -0.350 e. The Morgan fingerprint density at radius 1 is 1.07 bits per heavy atom. The highest BCUT2D eigenvalue weighted by atomic mass is 32.2. The number of hydrogen-bond donors (Lipinski definition) is 1. The van der Waals surface area contributed by atoms with Crippen LogP contribution >= 0.6 is 0 Å². The van der Waals surface area contributed by atoms with E-state index in [4.69, 9.17) is 0 Å². The van der Waals surface area contributed by atoms with Crippen LogP contribution in [-0.4, -0.2) is 61.8 Å². The van der Waals surface area contributed by atoms with E-state index in [0.29, 0.717) is 43.4 Å². The van der Waals surface area contributed by atoms with Crippen molar-refractivity contribution in [3.05, 3.63) is 29.8 Å². The summed E-state index contributed by atoms with van der Waals surface area (Å²) in [4.78, 5) is 14.5. The molecule has 27 heavy (non-hydrogen) atoms. The van der Waals surface area contributed by atoms with Gasteiger partial charge >= 0.3 is 0 Å². The molecule has 1 aliphatic heterocycles. The van der Waals surface area contributed by atoms with Crippen LogP contribution in [0.25, 0.3) is 0 Å². The van der Waals surface area contributed by atoms with Gasteiger partial charge in [-0.2, -0.15) is 4.31 Å². The van der Waals surface area contributed by atoms with Crippen molar-refractivity contribution in [2.75, 3.05) is 32.7 Å². The molecule has 1 saturated heterocycles. The molecule has 0 unspecified atom stereocenters. The largest absolute Gasteiger partial charge is 0.350 e. The van der Waals surface area contributed by atoms with Crippen LogP contribution in [0.2, 0.25) is 0 Å². The summed E-state index contributed by atoms with van der Waals surface area (Å²) in [6.07, 6.45) is 0.714. The maximum Gasteiger partial charge on any atom is 0.243 e. The van der Waals surface area contributed by atoms with E-state index in [9.17, 15) is 13.2 Å². The second-order valence-corrected chi connectivity index (χ2v) is 10.5. The van der Waals surface area contributed by atoms with Crippen LogP contribution in [0.5, 0.6) is 0 Å². The van der Waals surface area contributed by atoms with Crippen LogP contribution in [0.1, 0.15) is 52.5 Å². The van der Waals surface area contributed by atoms with Gasteiger partial charge in [0.1, 0.15) is 0 Å². The average Bonchev–Trinajstić information content (AvgIpc) is 2.79. The number of hydrogen-bond acceptors (Lipinski definition) is 4. The third kappa shape index (κ3) is 6.30. The molecule has 7 heteroatoms. The van der Waals surface area contributed by atoms with Crippen molar-refractivity contribution in [3.63, 3.8) is 0 Å². The molecule has 1 amide bonds.